The molecule has 0 N–H and O–H groups in total. The fourth-order valence-electron chi connectivity index (χ4n) is 1.85. The molecule has 98 valence electrons. The average molecular weight is 285 g/mol. The van der Waals surface area contributed by atoms with Crippen LogP contribution in [0, 0.1) is 0 Å². The van der Waals surface area contributed by atoms with Crippen LogP contribution in [0.2, 0.25) is 5.02 Å². The molecule has 0 unspecified atom stereocenters. The fraction of sp³-hybridized carbons (Fsp3) is 0. The Morgan fingerprint density at radius 1 is 1.15 bits per heavy atom. The van der Waals surface area contributed by atoms with Gasteiger partial charge in [-0.3, -0.25) is 4.79 Å². The predicted octanol–water partition coefficient (Wildman–Crippen LogP) is 2.80. The molecule has 0 saturated carbocycles. The van der Waals surface area contributed by atoms with E-state index in [0.29, 0.717) is 22.2 Å². The van der Waals surface area contributed by atoms with E-state index in [1.54, 1.807) is 36.8 Å². The summed E-state index contributed by atoms with van der Waals surface area (Å²) in [5.41, 5.74) is 1.78. The standard InChI is InChI=1S/C14H9ClN4O/c15-12-4-1-3-10(7-12)13-11(9-20)8-19(18-13)14-16-5-2-6-17-14/h1-9H. The number of hydrogen-bond acceptors (Lipinski definition) is 4. The molecule has 1 aromatic carbocycles. The number of benzene rings is 1. The van der Waals surface area contributed by atoms with Crippen LogP contribution in [0.15, 0.2) is 48.9 Å². The van der Waals surface area contributed by atoms with Crippen LogP contribution in [0.4, 0.5) is 0 Å². The molecule has 20 heavy (non-hydrogen) atoms. The monoisotopic (exact) mass is 284 g/mol. The van der Waals surface area contributed by atoms with E-state index in [2.05, 4.69) is 15.1 Å². The maximum absolute atomic E-state index is 11.2. The van der Waals surface area contributed by atoms with Gasteiger partial charge in [0.15, 0.2) is 6.29 Å². The van der Waals surface area contributed by atoms with Crippen LogP contribution in [0.5, 0.6) is 0 Å². The third kappa shape index (κ3) is 2.31. The number of carbonyl (C=O) groups is 1. The van der Waals surface area contributed by atoms with E-state index in [4.69, 9.17) is 11.6 Å². The van der Waals surface area contributed by atoms with Crippen LogP contribution in [0.1, 0.15) is 10.4 Å². The van der Waals surface area contributed by atoms with E-state index in [9.17, 15) is 4.79 Å². The minimum atomic E-state index is 0.406. The Morgan fingerprint density at radius 3 is 2.65 bits per heavy atom. The smallest absolute Gasteiger partial charge is 0.250 e. The molecule has 5 nitrogen and oxygen atoms in total. The second-order valence-electron chi connectivity index (χ2n) is 4.05. The molecule has 0 atom stereocenters. The third-order valence-electron chi connectivity index (χ3n) is 2.72. The van der Waals surface area contributed by atoms with Gasteiger partial charge >= 0.3 is 0 Å². The number of aromatic nitrogens is 4. The highest BCUT2D eigenvalue weighted by molar-refractivity contribution is 6.30. The largest absolute Gasteiger partial charge is 0.298 e. The van der Waals surface area contributed by atoms with Crippen LogP contribution in [0.3, 0.4) is 0 Å². The van der Waals surface area contributed by atoms with Crippen molar-refractivity contribution in [3.05, 3.63) is 59.5 Å². The van der Waals surface area contributed by atoms with Crippen LogP contribution in [-0.2, 0) is 0 Å². The number of hydrogen-bond donors (Lipinski definition) is 0. The third-order valence-corrected chi connectivity index (χ3v) is 2.96. The van der Waals surface area contributed by atoms with Crippen molar-refractivity contribution in [2.75, 3.05) is 0 Å². The summed E-state index contributed by atoms with van der Waals surface area (Å²) >= 11 is 5.97. The Hall–Kier alpha value is -2.53. The Morgan fingerprint density at radius 2 is 1.95 bits per heavy atom. The normalized spacial score (nSPS) is 10.4. The zero-order chi connectivity index (χ0) is 13.9. The van der Waals surface area contributed by atoms with Crippen molar-refractivity contribution in [1.82, 2.24) is 19.7 Å². The Balaban J connectivity index is 2.13. The Kier molecular flexibility index (Phi) is 3.26. The predicted molar refractivity (Wildman–Crippen MR) is 75.0 cm³/mol. The molecule has 0 spiro atoms. The first-order valence-corrected chi connectivity index (χ1v) is 6.24. The van der Waals surface area contributed by atoms with E-state index in [-0.39, 0.29) is 0 Å². The van der Waals surface area contributed by atoms with E-state index < -0.39 is 0 Å². The SMILES string of the molecule is O=Cc1cn(-c2ncccn2)nc1-c1cccc(Cl)c1. The lowest BCUT2D eigenvalue weighted by Crippen LogP contribution is -2.00. The van der Waals surface area contributed by atoms with Crippen molar-refractivity contribution in [3.8, 4) is 17.2 Å². The molecule has 0 amide bonds. The van der Waals surface area contributed by atoms with E-state index in [1.807, 2.05) is 12.1 Å². The number of nitrogens with zero attached hydrogens (tertiary/aromatic N) is 4. The van der Waals surface area contributed by atoms with Gasteiger partial charge in [0, 0.05) is 29.2 Å². The Bertz CT molecular complexity index is 755. The van der Waals surface area contributed by atoms with Crippen molar-refractivity contribution < 1.29 is 4.79 Å². The zero-order valence-corrected chi connectivity index (χ0v) is 11.0. The quantitative estimate of drug-likeness (QED) is 0.694. The van der Waals surface area contributed by atoms with Crippen molar-refractivity contribution in [2.24, 2.45) is 0 Å². The number of rotatable bonds is 3. The lowest BCUT2D eigenvalue weighted by molar-refractivity contribution is 0.112. The van der Waals surface area contributed by atoms with Gasteiger partial charge < -0.3 is 0 Å². The van der Waals surface area contributed by atoms with Crippen molar-refractivity contribution in [3.63, 3.8) is 0 Å². The average Bonchev–Trinajstić information content (AvgIpc) is 2.92. The van der Waals surface area contributed by atoms with Gasteiger partial charge in [-0.15, -0.1) is 0 Å². The highest BCUT2D eigenvalue weighted by Gasteiger charge is 2.12. The lowest BCUT2D eigenvalue weighted by Gasteiger charge is -1.99. The van der Waals surface area contributed by atoms with Crippen molar-refractivity contribution in [1.29, 1.82) is 0 Å². The highest BCUT2D eigenvalue weighted by atomic mass is 35.5. The summed E-state index contributed by atoms with van der Waals surface area (Å²) in [4.78, 5) is 19.4. The van der Waals surface area contributed by atoms with Crippen molar-refractivity contribution in [2.45, 2.75) is 0 Å². The van der Waals surface area contributed by atoms with Crippen LogP contribution < -0.4 is 0 Å². The van der Waals surface area contributed by atoms with Gasteiger partial charge in [0.2, 0.25) is 5.95 Å². The summed E-state index contributed by atoms with van der Waals surface area (Å²) in [5.74, 6) is 0.406. The Labute approximate surface area is 119 Å². The summed E-state index contributed by atoms with van der Waals surface area (Å²) in [5, 5.41) is 4.95. The molecule has 0 fully saturated rings. The van der Waals surface area contributed by atoms with E-state index >= 15 is 0 Å². The molecule has 2 heterocycles. The first kappa shape index (κ1) is 12.5. The second-order valence-corrected chi connectivity index (χ2v) is 4.49. The van der Waals surface area contributed by atoms with Gasteiger partial charge in [-0.1, -0.05) is 23.7 Å². The minimum Gasteiger partial charge on any atom is -0.298 e. The summed E-state index contributed by atoms with van der Waals surface area (Å²) < 4.78 is 1.47. The fourth-order valence-corrected chi connectivity index (χ4v) is 2.04. The molecular formula is C14H9ClN4O. The van der Waals surface area contributed by atoms with Gasteiger partial charge in [0.1, 0.15) is 5.69 Å². The molecular weight excluding hydrogens is 276 g/mol. The van der Waals surface area contributed by atoms with Crippen LogP contribution in [-0.4, -0.2) is 26.0 Å². The van der Waals surface area contributed by atoms with Gasteiger partial charge in [0.05, 0.1) is 5.56 Å². The lowest BCUT2D eigenvalue weighted by atomic mass is 10.1. The van der Waals surface area contributed by atoms with E-state index in [1.165, 1.54) is 4.68 Å². The molecule has 6 heteroatoms. The summed E-state index contributed by atoms with van der Waals surface area (Å²) in [6, 6.07) is 8.89. The molecule has 0 saturated heterocycles. The molecule has 0 aliphatic carbocycles. The maximum atomic E-state index is 11.2. The van der Waals surface area contributed by atoms with Crippen molar-refractivity contribution >= 4 is 17.9 Å². The summed E-state index contributed by atoms with van der Waals surface area (Å²) in [7, 11) is 0. The number of aldehydes is 1. The van der Waals surface area contributed by atoms with E-state index in [0.717, 1.165) is 11.8 Å². The molecule has 0 radical (unpaired) electrons. The summed E-state index contributed by atoms with van der Waals surface area (Å²) in [6.07, 6.45) is 5.58. The molecule has 0 aliphatic rings. The van der Waals surface area contributed by atoms with Gasteiger partial charge in [-0.2, -0.15) is 5.10 Å². The summed E-state index contributed by atoms with van der Waals surface area (Å²) in [6.45, 7) is 0. The van der Waals surface area contributed by atoms with Crippen LogP contribution in [0.25, 0.3) is 17.2 Å². The van der Waals surface area contributed by atoms with Crippen LogP contribution >= 0.6 is 11.6 Å². The second kappa shape index (κ2) is 5.22. The van der Waals surface area contributed by atoms with Gasteiger partial charge in [-0.05, 0) is 18.2 Å². The number of halogens is 1. The highest BCUT2D eigenvalue weighted by Crippen LogP contribution is 2.24. The minimum absolute atomic E-state index is 0.406. The van der Waals surface area contributed by atoms with Gasteiger partial charge in [0.25, 0.3) is 0 Å². The molecule has 0 aliphatic heterocycles. The first-order chi connectivity index (χ1) is 9.78. The molecule has 0 bridgehead atoms. The molecule has 3 aromatic rings. The topological polar surface area (TPSA) is 60.7 Å². The number of carbonyl (C=O) groups excluding carboxylic acids is 1. The molecule has 2 aromatic heterocycles. The first-order valence-electron chi connectivity index (χ1n) is 5.86. The zero-order valence-electron chi connectivity index (χ0n) is 10.3. The van der Waals surface area contributed by atoms with Gasteiger partial charge in [-0.25, -0.2) is 14.6 Å². The molecule has 3 rings (SSSR count). The maximum Gasteiger partial charge on any atom is 0.250 e.